The molecule has 1 aliphatic rings. The van der Waals surface area contributed by atoms with E-state index in [1.165, 1.54) is 16.8 Å². The van der Waals surface area contributed by atoms with Gasteiger partial charge in [0.05, 0.1) is 0 Å². The molecule has 1 saturated heterocycles. The molecule has 2 aromatic heterocycles. The van der Waals surface area contributed by atoms with Crippen LogP contribution in [0.3, 0.4) is 0 Å². The predicted octanol–water partition coefficient (Wildman–Crippen LogP) is -0.263. The minimum atomic E-state index is -3.95. The third kappa shape index (κ3) is 4.83. The maximum absolute atomic E-state index is 12.8. The van der Waals surface area contributed by atoms with Gasteiger partial charge in [-0.1, -0.05) is 0 Å². The summed E-state index contributed by atoms with van der Waals surface area (Å²) < 4.78 is 26.9. The summed E-state index contributed by atoms with van der Waals surface area (Å²) in [5.41, 5.74) is -0.358. The van der Waals surface area contributed by atoms with E-state index < -0.39 is 21.3 Å². The minimum Gasteiger partial charge on any atom is -0.310 e. The molecule has 0 aromatic carbocycles. The van der Waals surface area contributed by atoms with Crippen LogP contribution in [0.25, 0.3) is 0 Å². The van der Waals surface area contributed by atoms with E-state index in [1.807, 2.05) is 17.1 Å². The summed E-state index contributed by atoms with van der Waals surface area (Å²) in [7, 11) is -3.95. The van der Waals surface area contributed by atoms with Gasteiger partial charge in [0.2, 0.25) is 10.0 Å². The van der Waals surface area contributed by atoms with Crippen LogP contribution in [-0.4, -0.2) is 65.3 Å². The first-order chi connectivity index (χ1) is 12.4. The fraction of sp³-hybridized carbons (Fsp3) is 0.438. The molecule has 0 radical (unpaired) electrons. The number of rotatable bonds is 5. The van der Waals surface area contributed by atoms with Crippen LogP contribution in [-0.2, 0) is 16.4 Å². The summed E-state index contributed by atoms with van der Waals surface area (Å²) in [6.45, 7) is 4.02. The standard InChI is InChI=1S/C16H21N5O4S.ClH/c1-12-14(15(22)19-16(23)18-12)26(24,25)21-10-8-20(9-11-21)7-4-13-2-5-17-6-3-13;/h2-3,5-6H,4,7-11H2,1H3,(H2,18,19,22,23);1H. The highest BCUT2D eigenvalue weighted by Crippen LogP contribution is 2.16. The summed E-state index contributed by atoms with van der Waals surface area (Å²) in [6.07, 6.45) is 4.38. The summed E-state index contributed by atoms with van der Waals surface area (Å²) in [5, 5.41) is 0. The van der Waals surface area contributed by atoms with Crippen molar-refractivity contribution in [2.75, 3.05) is 32.7 Å². The Kier molecular flexibility index (Phi) is 6.93. The van der Waals surface area contributed by atoms with Crippen molar-refractivity contribution in [3.63, 3.8) is 0 Å². The molecular weight excluding hydrogens is 394 g/mol. The maximum Gasteiger partial charge on any atom is 0.325 e. The van der Waals surface area contributed by atoms with Crippen molar-refractivity contribution >= 4 is 22.4 Å². The SMILES string of the molecule is Cc1[nH]c(=O)[nH]c(=O)c1S(=O)(=O)N1CCN(CCc2ccncc2)CC1.Cl. The molecule has 0 unspecified atom stereocenters. The van der Waals surface area contributed by atoms with Crippen LogP contribution in [0.5, 0.6) is 0 Å². The van der Waals surface area contributed by atoms with Gasteiger partial charge in [-0.15, -0.1) is 12.4 Å². The van der Waals surface area contributed by atoms with Crippen molar-refractivity contribution < 1.29 is 8.42 Å². The molecule has 1 fully saturated rings. The molecule has 0 amide bonds. The van der Waals surface area contributed by atoms with E-state index in [-0.39, 0.29) is 23.0 Å². The van der Waals surface area contributed by atoms with Crippen molar-refractivity contribution in [1.29, 1.82) is 0 Å². The number of halogens is 1. The summed E-state index contributed by atoms with van der Waals surface area (Å²) in [6, 6.07) is 3.93. The lowest BCUT2D eigenvalue weighted by molar-refractivity contribution is 0.190. The van der Waals surface area contributed by atoms with Crippen LogP contribution >= 0.6 is 12.4 Å². The Morgan fingerprint density at radius 3 is 2.30 bits per heavy atom. The molecule has 2 N–H and O–H groups in total. The average Bonchev–Trinajstić information content (AvgIpc) is 2.60. The van der Waals surface area contributed by atoms with Crippen molar-refractivity contribution in [3.05, 3.63) is 56.6 Å². The Balaban J connectivity index is 0.00000261. The minimum absolute atomic E-state index is 0. The van der Waals surface area contributed by atoms with Gasteiger partial charge in [0.25, 0.3) is 5.56 Å². The number of hydrogen-bond donors (Lipinski definition) is 2. The molecule has 2 aromatic rings. The van der Waals surface area contributed by atoms with Gasteiger partial charge in [-0.3, -0.25) is 14.8 Å². The number of aromatic nitrogens is 3. The van der Waals surface area contributed by atoms with Gasteiger partial charge in [-0.25, -0.2) is 13.2 Å². The molecular formula is C16H22ClN5O4S. The zero-order chi connectivity index (χ0) is 18.7. The second-order valence-electron chi connectivity index (χ2n) is 6.21. The highest BCUT2D eigenvalue weighted by atomic mass is 35.5. The highest BCUT2D eigenvalue weighted by Gasteiger charge is 2.32. The first-order valence-corrected chi connectivity index (χ1v) is 9.76. The number of aryl methyl sites for hydroxylation is 1. The number of nitrogens with zero attached hydrogens (tertiary/aromatic N) is 3. The molecule has 1 aliphatic heterocycles. The number of nitrogens with one attached hydrogen (secondary N) is 2. The second kappa shape index (κ2) is 8.79. The summed E-state index contributed by atoms with van der Waals surface area (Å²) >= 11 is 0. The third-order valence-electron chi connectivity index (χ3n) is 4.47. The third-order valence-corrected chi connectivity index (χ3v) is 6.52. The zero-order valence-corrected chi connectivity index (χ0v) is 16.5. The van der Waals surface area contributed by atoms with E-state index >= 15 is 0 Å². The Bertz CT molecular complexity index is 982. The first kappa shape index (κ1) is 21.3. The molecule has 9 nitrogen and oxygen atoms in total. The Morgan fingerprint density at radius 2 is 1.70 bits per heavy atom. The summed E-state index contributed by atoms with van der Waals surface area (Å²) in [4.78, 5) is 33.4. The Hall–Kier alpha value is -2.01. The van der Waals surface area contributed by atoms with Crippen molar-refractivity contribution in [1.82, 2.24) is 24.2 Å². The number of pyridine rings is 1. The molecule has 3 rings (SSSR count). The van der Waals surface area contributed by atoms with Crippen LogP contribution in [0.15, 0.2) is 39.0 Å². The largest absolute Gasteiger partial charge is 0.325 e. The monoisotopic (exact) mass is 415 g/mol. The average molecular weight is 416 g/mol. The lowest BCUT2D eigenvalue weighted by atomic mass is 10.2. The smallest absolute Gasteiger partial charge is 0.310 e. The van der Waals surface area contributed by atoms with Gasteiger partial charge >= 0.3 is 5.69 Å². The fourth-order valence-electron chi connectivity index (χ4n) is 3.06. The highest BCUT2D eigenvalue weighted by molar-refractivity contribution is 7.89. The topological polar surface area (TPSA) is 119 Å². The van der Waals surface area contributed by atoms with Gasteiger partial charge in [-0.2, -0.15) is 4.31 Å². The number of aromatic amines is 2. The van der Waals surface area contributed by atoms with E-state index in [9.17, 15) is 18.0 Å². The van der Waals surface area contributed by atoms with Gasteiger partial charge in [-0.05, 0) is 31.0 Å². The molecule has 148 valence electrons. The number of sulfonamides is 1. The molecule has 0 aliphatic carbocycles. The molecule has 0 bridgehead atoms. The van der Waals surface area contributed by atoms with Gasteiger partial charge in [0.15, 0.2) is 4.90 Å². The maximum atomic E-state index is 12.8. The van der Waals surface area contributed by atoms with Crippen LogP contribution in [0.4, 0.5) is 0 Å². The first-order valence-electron chi connectivity index (χ1n) is 8.32. The number of hydrogen-bond acceptors (Lipinski definition) is 6. The van der Waals surface area contributed by atoms with Crippen molar-refractivity contribution in [2.24, 2.45) is 0 Å². The lowest BCUT2D eigenvalue weighted by Crippen LogP contribution is -2.50. The quantitative estimate of drug-likeness (QED) is 0.694. The van der Waals surface area contributed by atoms with Crippen molar-refractivity contribution in [2.45, 2.75) is 18.2 Å². The molecule has 0 atom stereocenters. The van der Waals surface area contributed by atoms with Crippen LogP contribution in [0.2, 0.25) is 0 Å². The number of piperazine rings is 1. The second-order valence-corrected chi connectivity index (χ2v) is 8.09. The van der Waals surface area contributed by atoms with E-state index in [4.69, 9.17) is 0 Å². The summed E-state index contributed by atoms with van der Waals surface area (Å²) in [5.74, 6) is 0. The van der Waals surface area contributed by atoms with Gasteiger partial charge in [0.1, 0.15) is 0 Å². The van der Waals surface area contributed by atoms with E-state index in [0.717, 1.165) is 13.0 Å². The molecule has 27 heavy (non-hydrogen) atoms. The fourth-order valence-corrected chi connectivity index (χ4v) is 4.68. The van der Waals surface area contributed by atoms with Crippen LogP contribution in [0.1, 0.15) is 11.3 Å². The van der Waals surface area contributed by atoms with Gasteiger partial charge < -0.3 is 9.88 Å². The zero-order valence-electron chi connectivity index (χ0n) is 14.8. The normalized spacial score (nSPS) is 16.0. The van der Waals surface area contributed by atoms with Crippen LogP contribution < -0.4 is 11.2 Å². The predicted molar refractivity (Wildman–Crippen MR) is 103 cm³/mol. The Labute approximate surface area is 162 Å². The Morgan fingerprint density at radius 1 is 1.07 bits per heavy atom. The molecule has 0 spiro atoms. The molecule has 0 saturated carbocycles. The van der Waals surface area contributed by atoms with E-state index in [1.54, 1.807) is 12.4 Å². The number of H-pyrrole nitrogens is 2. The van der Waals surface area contributed by atoms with Crippen LogP contribution in [0, 0.1) is 6.92 Å². The van der Waals surface area contributed by atoms with Gasteiger partial charge in [0, 0.05) is 50.8 Å². The van der Waals surface area contributed by atoms with E-state index in [0.29, 0.717) is 26.2 Å². The molecule has 3 heterocycles. The van der Waals surface area contributed by atoms with Crippen molar-refractivity contribution in [3.8, 4) is 0 Å². The van der Waals surface area contributed by atoms with E-state index in [2.05, 4.69) is 14.9 Å². The molecule has 11 heteroatoms. The lowest BCUT2D eigenvalue weighted by Gasteiger charge is -2.33.